The lowest BCUT2D eigenvalue weighted by Gasteiger charge is -2.25. The molecule has 2 unspecified atom stereocenters. The van der Waals surface area contributed by atoms with Crippen LogP contribution in [-0.4, -0.2) is 24.0 Å². The van der Waals surface area contributed by atoms with E-state index in [-0.39, 0.29) is 30.3 Å². The number of rotatable bonds is 3. The summed E-state index contributed by atoms with van der Waals surface area (Å²) >= 11 is 1.47. The highest BCUT2D eigenvalue weighted by Crippen LogP contribution is 2.30. The number of fused-ring (bicyclic) bond motifs is 1. The highest BCUT2D eigenvalue weighted by atomic mass is 35.5. The molecule has 1 aromatic carbocycles. The standard InChI is InChI=1S/C15H19N3O2S.ClH/c1-20-11-5-6-12-13(8-11)21-15(17-12)18-14(19)9-3-2-4-10(16)7-9;/h5-6,8-10H,2-4,7,16H2,1H3,(H,17,18,19);1H. The maximum Gasteiger partial charge on any atom is 0.229 e. The molecule has 7 heteroatoms. The maximum absolute atomic E-state index is 12.3. The van der Waals surface area contributed by atoms with Gasteiger partial charge >= 0.3 is 0 Å². The Bertz CT molecular complexity index is 661. The van der Waals surface area contributed by atoms with Crippen molar-refractivity contribution in [1.82, 2.24) is 4.98 Å². The van der Waals surface area contributed by atoms with Crippen LogP contribution in [0, 0.1) is 5.92 Å². The molecule has 5 nitrogen and oxygen atoms in total. The second-order valence-corrected chi connectivity index (χ2v) is 6.50. The van der Waals surface area contributed by atoms with E-state index < -0.39 is 0 Å². The van der Waals surface area contributed by atoms with Crippen LogP contribution in [0.2, 0.25) is 0 Å². The lowest BCUT2D eigenvalue weighted by atomic mass is 9.86. The normalized spacial score (nSPS) is 21.2. The largest absolute Gasteiger partial charge is 0.497 e. The average molecular weight is 342 g/mol. The third-order valence-corrected chi connectivity index (χ3v) is 4.84. The molecule has 1 saturated carbocycles. The van der Waals surface area contributed by atoms with Gasteiger partial charge in [0.05, 0.1) is 17.3 Å². The van der Waals surface area contributed by atoms with Crippen LogP contribution in [0.3, 0.4) is 0 Å². The van der Waals surface area contributed by atoms with E-state index in [2.05, 4.69) is 10.3 Å². The first-order valence-electron chi connectivity index (χ1n) is 7.16. The molecule has 1 aromatic heterocycles. The summed E-state index contributed by atoms with van der Waals surface area (Å²) in [4.78, 5) is 16.7. The van der Waals surface area contributed by atoms with Crippen LogP contribution in [0.15, 0.2) is 18.2 Å². The van der Waals surface area contributed by atoms with E-state index in [1.807, 2.05) is 18.2 Å². The van der Waals surface area contributed by atoms with Crippen LogP contribution in [0.4, 0.5) is 5.13 Å². The van der Waals surface area contributed by atoms with E-state index in [0.717, 1.165) is 41.6 Å². The average Bonchev–Trinajstić information content (AvgIpc) is 2.88. The molecular weight excluding hydrogens is 322 g/mol. The monoisotopic (exact) mass is 341 g/mol. The van der Waals surface area contributed by atoms with Gasteiger partial charge in [-0.25, -0.2) is 4.98 Å². The van der Waals surface area contributed by atoms with Gasteiger partial charge < -0.3 is 15.8 Å². The van der Waals surface area contributed by atoms with Crippen molar-refractivity contribution in [2.75, 3.05) is 12.4 Å². The number of ether oxygens (including phenoxy) is 1. The van der Waals surface area contributed by atoms with Crippen molar-refractivity contribution >= 4 is 45.0 Å². The molecule has 1 aliphatic carbocycles. The molecule has 0 spiro atoms. The molecule has 3 N–H and O–H groups in total. The quantitative estimate of drug-likeness (QED) is 0.898. The zero-order valence-electron chi connectivity index (χ0n) is 12.4. The van der Waals surface area contributed by atoms with Gasteiger partial charge in [0.15, 0.2) is 5.13 Å². The Kier molecular flexibility index (Phi) is 5.61. The van der Waals surface area contributed by atoms with Gasteiger partial charge in [0.25, 0.3) is 0 Å². The number of amides is 1. The van der Waals surface area contributed by atoms with Gasteiger partial charge in [-0.05, 0) is 37.5 Å². The van der Waals surface area contributed by atoms with Crippen molar-refractivity contribution in [3.8, 4) is 5.75 Å². The molecule has 2 aromatic rings. The summed E-state index contributed by atoms with van der Waals surface area (Å²) in [5.41, 5.74) is 6.81. The molecule has 3 rings (SSSR count). The zero-order chi connectivity index (χ0) is 14.8. The number of hydrogen-bond acceptors (Lipinski definition) is 5. The highest BCUT2D eigenvalue weighted by Gasteiger charge is 2.25. The second-order valence-electron chi connectivity index (χ2n) is 5.47. The number of anilines is 1. The number of hydrogen-bond donors (Lipinski definition) is 2. The molecule has 2 atom stereocenters. The molecule has 0 aliphatic heterocycles. The number of nitrogens with zero attached hydrogens (tertiary/aromatic N) is 1. The van der Waals surface area contributed by atoms with Crippen molar-refractivity contribution < 1.29 is 9.53 Å². The zero-order valence-corrected chi connectivity index (χ0v) is 14.0. The van der Waals surface area contributed by atoms with Crippen molar-refractivity contribution in [3.05, 3.63) is 18.2 Å². The summed E-state index contributed by atoms with van der Waals surface area (Å²) in [6.45, 7) is 0. The van der Waals surface area contributed by atoms with Gasteiger partial charge in [0.2, 0.25) is 5.91 Å². The van der Waals surface area contributed by atoms with E-state index in [0.29, 0.717) is 5.13 Å². The SMILES string of the molecule is COc1ccc2nc(NC(=O)C3CCCC(N)C3)sc2c1.Cl. The number of carbonyl (C=O) groups excluding carboxylic acids is 1. The Morgan fingerprint density at radius 2 is 2.27 bits per heavy atom. The summed E-state index contributed by atoms with van der Waals surface area (Å²) in [6, 6.07) is 5.85. The van der Waals surface area contributed by atoms with Crippen LogP contribution in [-0.2, 0) is 4.79 Å². The number of nitrogens with one attached hydrogen (secondary N) is 1. The Morgan fingerprint density at radius 3 is 3.00 bits per heavy atom. The molecule has 0 radical (unpaired) electrons. The Hall–Kier alpha value is -1.37. The van der Waals surface area contributed by atoms with E-state index in [4.69, 9.17) is 10.5 Å². The fraction of sp³-hybridized carbons (Fsp3) is 0.467. The molecule has 1 fully saturated rings. The Morgan fingerprint density at radius 1 is 1.45 bits per heavy atom. The van der Waals surface area contributed by atoms with E-state index in [1.54, 1.807) is 7.11 Å². The number of aromatic nitrogens is 1. The first kappa shape index (κ1) is 17.0. The fourth-order valence-corrected chi connectivity index (χ4v) is 3.66. The van der Waals surface area contributed by atoms with Crippen molar-refractivity contribution in [1.29, 1.82) is 0 Å². The van der Waals surface area contributed by atoms with E-state index in [9.17, 15) is 4.79 Å². The summed E-state index contributed by atoms with van der Waals surface area (Å²) in [7, 11) is 1.64. The second kappa shape index (κ2) is 7.26. The van der Waals surface area contributed by atoms with Gasteiger partial charge in [-0.1, -0.05) is 17.8 Å². The lowest BCUT2D eigenvalue weighted by Crippen LogP contribution is -2.34. The van der Waals surface area contributed by atoms with Crippen LogP contribution in [0.25, 0.3) is 10.2 Å². The van der Waals surface area contributed by atoms with Crippen LogP contribution in [0.1, 0.15) is 25.7 Å². The molecule has 22 heavy (non-hydrogen) atoms. The van der Waals surface area contributed by atoms with E-state index in [1.165, 1.54) is 11.3 Å². The predicted molar refractivity (Wildman–Crippen MR) is 92.0 cm³/mol. The molecule has 120 valence electrons. The maximum atomic E-state index is 12.3. The first-order valence-corrected chi connectivity index (χ1v) is 7.98. The van der Waals surface area contributed by atoms with Crippen LogP contribution >= 0.6 is 23.7 Å². The third-order valence-electron chi connectivity index (χ3n) is 3.91. The number of halogens is 1. The molecule has 0 bridgehead atoms. The number of nitrogens with two attached hydrogens (primary N) is 1. The Labute approximate surface area is 139 Å². The lowest BCUT2D eigenvalue weighted by molar-refractivity contribution is -0.120. The minimum atomic E-state index is 0. The van der Waals surface area contributed by atoms with Crippen molar-refractivity contribution in [2.24, 2.45) is 11.7 Å². The molecule has 1 amide bonds. The third kappa shape index (κ3) is 3.69. The summed E-state index contributed by atoms with van der Waals surface area (Å²) in [6.07, 6.45) is 3.73. The topological polar surface area (TPSA) is 77.2 Å². The van der Waals surface area contributed by atoms with Crippen molar-refractivity contribution in [3.63, 3.8) is 0 Å². The number of carbonyl (C=O) groups is 1. The summed E-state index contributed by atoms with van der Waals surface area (Å²) in [5.74, 6) is 0.841. The number of benzene rings is 1. The van der Waals surface area contributed by atoms with Gasteiger partial charge in [-0.3, -0.25) is 4.79 Å². The smallest absolute Gasteiger partial charge is 0.229 e. The molecule has 0 saturated heterocycles. The molecular formula is C15H20ClN3O2S. The summed E-state index contributed by atoms with van der Waals surface area (Å²) in [5, 5.41) is 3.57. The van der Waals surface area contributed by atoms with Crippen LogP contribution < -0.4 is 15.8 Å². The number of thiazole rings is 1. The number of methoxy groups -OCH3 is 1. The van der Waals surface area contributed by atoms with E-state index >= 15 is 0 Å². The molecule has 1 aliphatic rings. The Balaban J connectivity index is 0.00000176. The van der Waals surface area contributed by atoms with Gasteiger partial charge in [0, 0.05) is 12.0 Å². The highest BCUT2D eigenvalue weighted by molar-refractivity contribution is 7.22. The first-order chi connectivity index (χ1) is 10.2. The minimum Gasteiger partial charge on any atom is -0.497 e. The molecule has 1 heterocycles. The van der Waals surface area contributed by atoms with Gasteiger partial charge in [-0.15, -0.1) is 12.4 Å². The van der Waals surface area contributed by atoms with Crippen LogP contribution in [0.5, 0.6) is 5.75 Å². The summed E-state index contributed by atoms with van der Waals surface area (Å²) < 4.78 is 6.20. The predicted octanol–water partition coefficient (Wildman–Crippen LogP) is 3.18. The van der Waals surface area contributed by atoms with Gasteiger partial charge in [-0.2, -0.15) is 0 Å². The van der Waals surface area contributed by atoms with Crippen molar-refractivity contribution in [2.45, 2.75) is 31.7 Å². The minimum absolute atomic E-state index is 0. The van der Waals surface area contributed by atoms with Gasteiger partial charge in [0.1, 0.15) is 5.75 Å². The fourth-order valence-electron chi connectivity index (χ4n) is 2.76.